The molecule has 0 saturated heterocycles. The highest BCUT2D eigenvalue weighted by atomic mass is 16.5. The number of hydrogen-bond acceptors (Lipinski definition) is 3. The number of nitrogens with two attached hydrogens (primary N) is 1. The van der Waals surface area contributed by atoms with Crippen molar-refractivity contribution in [2.45, 2.75) is 19.4 Å². The summed E-state index contributed by atoms with van der Waals surface area (Å²) in [4.78, 5) is 11.9. The van der Waals surface area contributed by atoms with Gasteiger partial charge in [0.2, 0.25) is 5.91 Å². The molecule has 0 radical (unpaired) electrons. The number of nitrogen functional groups attached to an aromatic ring is 1. The lowest BCUT2D eigenvalue weighted by atomic mass is 10.1. The molecule has 0 aliphatic heterocycles. The van der Waals surface area contributed by atoms with Gasteiger partial charge >= 0.3 is 0 Å². The van der Waals surface area contributed by atoms with E-state index in [0.29, 0.717) is 24.5 Å². The second-order valence-corrected chi connectivity index (χ2v) is 4.87. The number of hydrogen-bond donors (Lipinski definition) is 2. The number of nitrogens with one attached hydrogen (secondary N) is 1. The van der Waals surface area contributed by atoms with Crippen molar-refractivity contribution in [3.05, 3.63) is 60.2 Å². The van der Waals surface area contributed by atoms with Gasteiger partial charge in [-0.3, -0.25) is 4.79 Å². The molecule has 0 aliphatic carbocycles. The first-order chi connectivity index (χ1) is 10.1. The van der Waals surface area contributed by atoms with Crippen molar-refractivity contribution in [1.82, 2.24) is 5.32 Å². The van der Waals surface area contributed by atoms with Gasteiger partial charge in [-0.05, 0) is 36.8 Å². The predicted octanol–water partition coefficient (Wildman–Crippen LogP) is 2.92. The monoisotopic (exact) mass is 284 g/mol. The fraction of sp³-hybridized carbons (Fsp3) is 0.235. The SMILES string of the molecule is C[C@H](NC(=O)CCOc1ccc(N)cc1)c1ccccc1. The normalized spacial score (nSPS) is 11.7. The van der Waals surface area contributed by atoms with Crippen LogP contribution in [-0.2, 0) is 4.79 Å². The molecular formula is C17H20N2O2. The average molecular weight is 284 g/mol. The summed E-state index contributed by atoms with van der Waals surface area (Å²) < 4.78 is 5.50. The van der Waals surface area contributed by atoms with Gasteiger partial charge in [0.15, 0.2) is 0 Å². The van der Waals surface area contributed by atoms with Crippen molar-refractivity contribution in [1.29, 1.82) is 0 Å². The summed E-state index contributed by atoms with van der Waals surface area (Å²) in [7, 11) is 0. The molecule has 4 nitrogen and oxygen atoms in total. The molecule has 0 aliphatic rings. The fourth-order valence-corrected chi connectivity index (χ4v) is 1.96. The largest absolute Gasteiger partial charge is 0.493 e. The molecule has 2 rings (SSSR count). The molecule has 2 aromatic rings. The highest BCUT2D eigenvalue weighted by Gasteiger charge is 2.09. The van der Waals surface area contributed by atoms with Gasteiger partial charge in [-0.2, -0.15) is 0 Å². The van der Waals surface area contributed by atoms with Crippen LogP contribution in [0.4, 0.5) is 5.69 Å². The maximum atomic E-state index is 11.9. The Labute approximate surface area is 124 Å². The minimum Gasteiger partial charge on any atom is -0.493 e. The van der Waals surface area contributed by atoms with E-state index >= 15 is 0 Å². The molecule has 0 fully saturated rings. The summed E-state index contributed by atoms with van der Waals surface area (Å²) in [6.07, 6.45) is 0.321. The lowest BCUT2D eigenvalue weighted by Crippen LogP contribution is -2.27. The minimum absolute atomic E-state index is 0.00442. The molecule has 0 spiro atoms. The van der Waals surface area contributed by atoms with Crippen molar-refractivity contribution >= 4 is 11.6 Å². The number of anilines is 1. The number of amides is 1. The lowest BCUT2D eigenvalue weighted by molar-refractivity contribution is -0.122. The van der Waals surface area contributed by atoms with Crippen LogP contribution in [0.15, 0.2) is 54.6 Å². The quantitative estimate of drug-likeness (QED) is 0.802. The Balaban J connectivity index is 1.73. The van der Waals surface area contributed by atoms with Crippen LogP contribution in [0.1, 0.15) is 24.9 Å². The average Bonchev–Trinajstić information content (AvgIpc) is 2.50. The fourth-order valence-electron chi connectivity index (χ4n) is 1.96. The Hall–Kier alpha value is -2.49. The van der Waals surface area contributed by atoms with E-state index in [4.69, 9.17) is 10.5 Å². The Morgan fingerprint density at radius 1 is 1.14 bits per heavy atom. The van der Waals surface area contributed by atoms with E-state index in [9.17, 15) is 4.79 Å². The third-order valence-electron chi connectivity index (χ3n) is 3.16. The van der Waals surface area contributed by atoms with Crippen molar-refractivity contribution in [2.75, 3.05) is 12.3 Å². The molecule has 4 heteroatoms. The lowest BCUT2D eigenvalue weighted by Gasteiger charge is -2.14. The highest BCUT2D eigenvalue weighted by molar-refractivity contribution is 5.76. The molecule has 21 heavy (non-hydrogen) atoms. The Morgan fingerprint density at radius 2 is 1.81 bits per heavy atom. The van der Waals surface area contributed by atoms with Gasteiger partial charge in [0.05, 0.1) is 19.1 Å². The van der Waals surface area contributed by atoms with E-state index in [1.165, 1.54) is 0 Å². The molecule has 2 aromatic carbocycles. The van der Waals surface area contributed by atoms with Gasteiger partial charge in [-0.1, -0.05) is 30.3 Å². The molecule has 0 saturated carbocycles. The predicted molar refractivity (Wildman–Crippen MR) is 84.0 cm³/mol. The van der Waals surface area contributed by atoms with Crippen LogP contribution in [-0.4, -0.2) is 12.5 Å². The first-order valence-corrected chi connectivity index (χ1v) is 6.98. The summed E-state index contributed by atoms with van der Waals surface area (Å²) in [5.74, 6) is 0.690. The number of ether oxygens (including phenoxy) is 1. The van der Waals surface area contributed by atoms with E-state index < -0.39 is 0 Å². The van der Waals surface area contributed by atoms with Crippen molar-refractivity contribution < 1.29 is 9.53 Å². The zero-order valence-corrected chi connectivity index (χ0v) is 12.1. The topological polar surface area (TPSA) is 64.3 Å². The van der Waals surface area contributed by atoms with Gasteiger partial charge < -0.3 is 15.8 Å². The van der Waals surface area contributed by atoms with Crippen molar-refractivity contribution in [3.8, 4) is 5.75 Å². The molecule has 1 atom stereocenters. The van der Waals surface area contributed by atoms with Crippen LogP contribution in [0, 0.1) is 0 Å². The Bertz CT molecular complexity index is 567. The molecule has 110 valence electrons. The second-order valence-electron chi connectivity index (χ2n) is 4.87. The molecule has 0 unspecified atom stereocenters. The summed E-state index contributed by atoms with van der Waals surface area (Å²) >= 11 is 0. The van der Waals surface area contributed by atoms with Gasteiger partial charge in [0.1, 0.15) is 5.75 Å². The van der Waals surface area contributed by atoms with Crippen molar-refractivity contribution in [2.24, 2.45) is 0 Å². The van der Waals surface area contributed by atoms with E-state index in [-0.39, 0.29) is 11.9 Å². The second kappa shape index (κ2) is 7.33. The molecule has 0 heterocycles. The number of rotatable bonds is 6. The molecule has 1 amide bonds. The van der Waals surface area contributed by atoms with Crippen LogP contribution < -0.4 is 15.8 Å². The Kier molecular flexibility index (Phi) is 5.21. The van der Waals surface area contributed by atoms with Crippen LogP contribution in [0.5, 0.6) is 5.75 Å². The summed E-state index contributed by atoms with van der Waals surface area (Å²) in [6, 6.07) is 17.0. The first-order valence-electron chi connectivity index (χ1n) is 6.98. The number of benzene rings is 2. The van der Waals surface area contributed by atoms with E-state index in [2.05, 4.69) is 5.32 Å². The third kappa shape index (κ3) is 4.84. The standard InChI is InChI=1S/C17H20N2O2/c1-13(14-5-3-2-4-6-14)19-17(20)11-12-21-16-9-7-15(18)8-10-16/h2-10,13H,11-12,18H2,1H3,(H,19,20)/t13-/m0/s1. The van der Waals surface area contributed by atoms with E-state index in [1.807, 2.05) is 37.3 Å². The first kappa shape index (κ1) is 14.9. The summed E-state index contributed by atoms with van der Waals surface area (Å²) in [6.45, 7) is 2.31. The molecule has 0 aromatic heterocycles. The molecular weight excluding hydrogens is 264 g/mol. The van der Waals surface area contributed by atoms with Gasteiger partial charge in [-0.25, -0.2) is 0 Å². The molecule has 3 N–H and O–H groups in total. The van der Waals surface area contributed by atoms with Crippen molar-refractivity contribution in [3.63, 3.8) is 0 Å². The number of carbonyl (C=O) groups excluding carboxylic acids is 1. The maximum absolute atomic E-state index is 11.9. The summed E-state index contributed by atoms with van der Waals surface area (Å²) in [5.41, 5.74) is 7.37. The summed E-state index contributed by atoms with van der Waals surface area (Å²) in [5, 5.41) is 2.95. The minimum atomic E-state index is -0.0261. The van der Waals surface area contributed by atoms with Crippen LogP contribution in [0.3, 0.4) is 0 Å². The highest BCUT2D eigenvalue weighted by Crippen LogP contribution is 2.14. The zero-order valence-electron chi connectivity index (χ0n) is 12.1. The van der Waals surface area contributed by atoms with Gasteiger partial charge in [0, 0.05) is 5.69 Å². The van der Waals surface area contributed by atoms with Gasteiger partial charge in [0.25, 0.3) is 0 Å². The van der Waals surface area contributed by atoms with Crippen LogP contribution >= 0.6 is 0 Å². The zero-order chi connectivity index (χ0) is 15.1. The van der Waals surface area contributed by atoms with Gasteiger partial charge in [-0.15, -0.1) is 0 Å². The van der Waals surface area contributed by atoms with Crippen LogP contribution in [0.25, 0.3) is 0 Å². The maximum Gasteiger partial charge on any atom is 0.223 e. The smallest absolute Gasteiger partial charge is 0.223 e. The third-order valence-corrected chi connectivity index (χ3v) is 3.16. The molecule has 0 bridgehead atoms. The number of carbonyl (C=O) groups is 1. The Morgan fingerprint density at radius 3 is 2.48 bits per heavy atom. The van der Waals surface area contributed by atoms with E-state index in [1.54, 1.807) is 24.3 Å². The van der Waals surface area contributed by atoms with Crippen LogP contribution in [0.2, 0.25) is 0 Å². The van der Waals surface area contributed by atoms with E-state index in [0.717, 1.165) is 5.56 Å².